The van der Waals surface area contributed by atoms with Gasteiger partial charge >= 0.3 is 6.18 Å². The molecule has 4 rings (SSSR count). The van der Waals surface area contributed by atoms with Crippen LogP contribution in [0.4, 0.5) is 19.0 Å². The largest absolute Gasteiger partial charge is 0.456 e. The van der Waals surface area contributed by atoms with Crippen LogP contribution in [0, 0.1) is 0 Å². The van der Waals surface area contributed by atoms with E-state index in [-0.39, 0.29) is 16.8 Å². The third-order valence-electron chi connectivity index (χ3n) is 4.40. The number of nitrogens with zero attached hydrogens (tertiary/aromatic N) is 3. The third kappa shape index (κ3) is 4.02. The van der Waals surface area contributed by atoms with Gasteiger partial charge in [-0.2, -0.15) is 13.2 Å². The van der Waals surface area contributed by atoms with Gasteiger partial charge in [0.15, 0.2) is 0 Å². The van der Waals surface area contributed by atoms with Crippen LogP contribution in [0.1, 0.15) is 21.6 Å². The highest BCUT2D eigenvalue weighted by atomic mass is 35.5. The van der Waals surface area contributed by atoms with Gasteiger partial charge < -0.3 is 4.74 Å². The van der Waals surface area contributed by atoms with E-state index in [1.54, 1.807) is 36.4 Å². The minimum absolute atomic E-state index is 0.134. The number of carbonyl (C=O) groups excluding carboxylic acids is 1. The monoisotopic (exact) mass is 419 g/mol. The molecule has 5 nitrogen and oxygen atoms in total. The van der Waals surface area contributed by atoms with Crippen LogP contribution in [-0.4, -0.2) is 22.4 Å². The number of halogens is 4. The maximum Gasteiger partial charge on any atom is 0.433 e. The van der Waals surface area contributed by atoms with Crippen LogP contribution in [0.2, 0.25) is 5.15 Å². The molecular weight excluding hydrogens is 407 g/mol. The molecule has 0 saturated carbocycles. The fourth-order valence-corrected chi connectivity index (χ4v) is 3.19. The Balaban J connectivity index is 1.58. The van der Waals surface area contributed by atoms with Gasteiger partial charge in [0, 0.05) is 12.1 Å². The molecule has 9 heteroatoms. The van der Waals surface area contributed by atoms with Crippen LogP contribution >= 0.6 is 11.6 Å². The fraction of sp³-hybridized carbons (Fsp3) is 0.150. The molecule has 0 bridgehead atoms. The minimum Gasteiger partial charge on any atom is -0.456 e. The van der Waals surface area contributed by atoms with Gasteiger partial charge in [-0.15, -0.1) is 0 Å². The summed E-state index contributed by atoms with van der Waals surface area (Å²) in [6.45, 7) is 0.461. The van der Waals surface area contributed by atoms with E-state index >= 15 is 0 Å². The van der Waals surface area contributed by atoms with E-state index in [0.29, 0.717) is 30.1 Å². The highest BCUT2D eigenvalue weighted by Crippen LogP contribution is 2.31. The van der Waals surface area contributed by atoms with Crippen LogP contribution in [-0.2, 0) is 12.6 Å². The first kappa shape index (κ1) is 19.2. The van der Waals surface area contributed by atoms with Crippen molar-refractivity contribution in [3.63, 3.8) is 0 Å². The SMILES string of the molecule is O=C1c2cc(Oc3ccc(C(F)(F)F)nc3)ccc2CCN1c1cccc(Cl)n1. The van der Waals surface area contributed by atoms with Gasteiger partial charge in [0.1, 0.15) is 28.2 Å². The predicted octanol–water partition coefficient (Wildman–Crippen LogP) is 5.14. The molecule has 0 saturated heterocycles. The molecule has 0 N–H and O–H groups in total. The summed E-state index contributed by atoms with van der Waals surface area (Å²) in [6.07, 6.45) is -2.90. The molecule has 3 heterocycles. The lowest BCUT2D eigenvalue weighted by molar-refractivity contribution is -0.141. The summed E-state index contributed by atoms with van der Waals surface area (Å²) in [5.41, 5.74) is 0.289. The zero-order valence-corrected chi connectivity index (χ0v) is 15.5. The van der Waals surface area contributed by atoms with Gasteiger partial charge in [-0.25, -0.2) is 9.97 Å². The van der Waals surface area contributed by atoms with Crippen molar-refractivity contribution < 1.29 is 22.7 Å². The molecule has 1 amide bonds. The van der Waals surface area contributed by atoms with Crippen LogP contribution in [0.25, 0.3) is 0 Å². The molecule has 0 spiro atoms. The number of fused-ring (bicyclic) bond motifs is 1. The molecule has 148 valence electrons. The summed E-state index contributed by atoms with van der Waals surface area (Å²) in [7, 11) is 0. The highest BCUT2D eigenvalue weighted by molar-refractivity contribution is 6.29. The molecule has 0 atom stereocenters. The van der Waals surface area contributed by atoms with E-state index in [4.69, 9.17) is 16.3 Å². The summed E-state index contributed by atoms with van der Waals surface area (Å²) < 4.78 is 43.4. The van der Waals surface area contributed by atoms with Crippen LogP contribution in [0.15, 0.2) is 54.7 Å². The van der Waals surface area contributed by atoms with Crippen LogP contribution < -0.4 is 9.64 Å². The van der Waals surface area contributed by atoms with E-state index in [0.717, 1.165) is 17.8 Å². The summed E-state index contributed by atoms with van der Waals surface area (Å²) in [5.74, 6) is 0.651. The van der Waals surface area contributed by atoms with Gasteiger partial charge in [0.2, 0.25) is 0 Å². The molecule has 0 aliphatic carbocycles. The van der Waals surface area contributed by atoms with Crippen molar-refractivity contribution >= 4 is 23.3 Å². The molecule has 0 radical (unpaired) electrons. The van der Waals surface area contributed by atoms with E-state index in [9.17, 15) is 18.0 Å². The lowest BCUT2D eigenvalue weighted by atomic mass is 9.98. The minimum atomic E-state index is -4.52. The first-order valence-corrected chi connectivity index (χ1v) is 8.97. The van der Waals surface area contributed by atoms with Crippen molar-refractivity contribution in [1.82, 2.24) is 9.97 Å². The summed E-state index contributed by atoms with van der Waals surface area (Å²) in [5, 5.41) is 0.285. The number of carbonyl (C=O) groups is 1. The van der Waals surface area contributed by atoms with E-state index < -0.39 is 11.9 Å². The molecule has 1 aliphatic rings. The molecule has 0 unspecified atom stereocenters. The molecule has 1 aliphatic heterocycles. The summed E-state index contributed by atoms with van der Waals surface area (Å²) >= 11 is 5.92. The average molecular weight is 420 g/mol. The van der Waals surface area contributed by atoms with Crippen LogP contribution in [0.3, 0.4) is 0 Å². The number of anilines is 1. The second-order valence-electron chi connectivity index (χ2n) is 6.32. The quantitative estimate of drug-likeness (QED) is 0.551. The number of rotatable bonds is 3. The molecule has 3 aromatic rings. The van der Waals surface area contributed by atoms with E-state index in [1.807, 2.05) is 0 Å². The Bertz CT molecular complexity index is 1070. The normalized spacial score (nSPS) is 13.9. The smallest absolute Gasteiger partial charge is 0.433 e. The first-order chi connectivity index (χ1) is 13.8. The molecular formula is C20H13ClF3N3O2. The fourth-order valence-electron chi connectivity index (χ4n) is 3.03. The Morgan fingerprint density at radius 2 is 1.86 bits per heavy atom. The number of alkyl halides is 3. The lowest BCUT2D eigenvalue weighted by Gasteiger charge is -2.28. The van der Waals surface area contributed by atoms with Crippen molar-refractivity contribution in [2.75, 3.05) is 11.4 Å². The molecule has 0 fully saturated rings. The number of ether oxygens (including phenoxy) is 1. The average Bonchev–Trinajstić information content (AvgIpc) is 2.68. The lowest BCUT2D eigenvalue weighted by Crippen LogP contribution is -2.38. The summed E-state index contributed by atoms with van der Waals surface area (Å²) in [4.78, 5) is 22.0. The van der Waals surface area contributed by atoms with Gasteiger partial charge in [0.25, 0.3) is 5.91 Å². The Labute approximate surface area is 168 Å². The van der Waals surface area contributed by atoms with E-state index in [2.05, 4.69) is 9.97 Å². The highest BCUT2D eigenvalue weighted by Gasteiger charge is 2.32. The maximum atomic E-state index is 12.9. The zero-order valence-electron chi connectivity index (χ0n) is 14.8. The Hall–Kier alpha value is -3.13. The van der Waals surface area contributed by atoms with E-state index in [1.165, 1.54) is 11.0 Å². The van der Waals surface area contributed by atoms with Crippen molar-refractivity contribution in [2.24, 2.45) is 0 Å². The van der Waals surface area contributed by atoms with Crippen molar-refractivity contribution in [1.29, 1.82) is 0 Å². The number of amides is 1. The molecule has 1 aromatic carbocycles. The number of aromatic nitrogens is 2. The van der Waals surface area contributed by atoms with Crippen molar-refractivity contribution in [3.05, 3.63) is 76.7 Å². The predicted molar refractivity (Wildman–Crippen MR) is 100 cm³/mol. The van der Waals surface area contributed by atoms with Gasteiger partial charge in [0.05, 0.1) is 6.20 Å². The Morgan fingerprint density at radius 1 is 1.07 bits per heavy atom. The van der Waals surface area contributed by atoms with Gasteiger partial charge in [-0.05, 0) is 48.4 Å². The standard InChI is InChI=1S/C20H13ClF3N3O2/c21-17-2-1-3-18(26-17)27-9-8-12-4-5-13(10-15(12)19(27)28)29-14-6-7-16(25-11-14)20(22,23)24/h1-7,10-11H,8-9H2. The number of hydrogen-bond acceptors (Lipinski definition) is 4. The topological polar surface area (TPSA) is 55.3 Å². The maximum absolute atomic E-state index is 12.9. The summed E-state index contributed by atoms with van der Waals surface area (Å²) in [6, 6.07) is 12.0. The Morgan fingerprint density at radius 3 is 2.55 bits per heavy atom. The van der Waals surface area contributed by atoms with Crippen molar-refractivity contribution in [2.45, 2.75) is 12.6 Å². The Kier molecular flexibility index (Phi) is 4.87. The van der Waals surface area contributed by atoms with Crippen LogP contribution in [0.5, 0.6) is 11.5 Å². The molecule has 29 heavy (non-hydrogen) atoms. The second-order valence-corrected chi connectivity index (χ2v) is 6.71. The number of hydrogen-bond donors (Lipinski definition) is 0. The van der Waals surface area contributed by atoms with Crippen molar-refractivity contribution in [3.8, 4) is 11.5 Å². The number of benzene rings is 1. The first-order valence-electron chi connectivity index (χ1n) is 8.60. The second kappa shape index (κ2) is 7.36. The third-order valence-corrected chi connectivity index (χ3v) is 4.61. The number of pyridine rings is 2. The zero-order chi connectivity index (χ0) is 20.6. The molecule has 2 aromatic heterocycles. The van der Waals surface area contributed by atoms with Gasteiger partial charge in [-0.3, -0.25) is 9.69 Å². The van der Waals surface area contributed by atoms with Gasteiger partial charge in [-0.1, -0.05) is 23.7 Å².